The van der Waals surface area contributed by atoms with E-state index in [1.807, 2.05) is 26.8 Å². The minimum absolute atomic E-state index is 0.0990. The molecule has 168 valence electrons. The van der Waals surface area contributed by atoms with Gasteiger partial charge < -0.3 is 14.9 Å². The lowest BCUT2D eigenvalue weighted by Crippen LogP contribution is -2.46. The molecular weight excluding hydrogens is 418 g/mol. The van der Waals surface area contributed by atoms with E-state index in [-0.39, 0.29) is 10.6 Å². The number of carboxylic acid groups (broad SMARTS) is 1. The third-order valence-corrected chi connectivity index (χ3v) is 7.78. The first kappa shape index (κ1) is 23.1. The minimum atomic E-state index is -3.85. The van der Waals surface area contributed by atoms with E-state index in [4.69, 9.17) is 4.74 Å². The Hall–Kier alpha value is -2.58. The summed E-state index contributed by atoms with van der Waals surface area (Å²) in [7, 11) is -3.85. The molecule has 0 radical (unpaired) electrons. The summed E-state index contributed by atoms with van der Waals surface area (Å²) in [6.45, 7) is 9.48. The molecule has 0 amide bonds. The summed E-state index contributed by atoms with van der Waals surface area (Å²) in [4.78, 5) is 11.4. The standard InChI is InChI=1S/C23H29NO6S/c1-6-20(22(26)27)30-21-10-8-17(11-14(21)2)31(28,29)24-13-23(4,5)19-9-7-16(25)12-18(19)15(24)3/h7-12,15,20,25H,6,13H2,1-5H3,(H,26,27). The van der Waals surface area contributed by atoms with Gasteiger partial charge in [0.25, 0.3) is 0 Å². The van der Waals surface area contributed by atoms with Crippen molar-refractivity contribution in [1.82, 2.24) is 4.31 Å². The third-order valence-electron chi connectivity index (χ3n) is 5.87. The number of phenols is 1. The number of benzene rings is 2. The fraction of sp³-hybridized carbons (Fsp3) is 0.435. The fourth-order valence-electron chi connectivity index (χ4n) is 4.08. The van der Waals surface area contributed by atoms with Crippen molar-refractivity contribution in [3.05, 3.63) is 53.1 Å². The first-order chi connectivity index (χ1) is 14.4. The monoisotopic (exact) mass is 447 g/mol. The van der Waals surface area contributed by atoms with Gasteiger partial charge in [0.2, 0.25) is 10.0 Å². The van der Waals surface area contributed by atoms with Crippen molar-refractivity contribution in [2.75, 3.05) is 6.54 Å². The Balaban J connectivity index is 1.98. The summed E-state index contributed by atoms with van der Waals surface area (Å²) in [5.41, 5.74) is 1.91. The van der Waals surface area contributed by atoms with E-state index in [1.165, 1.54) is 22.5 Å². The maximum atomic E-state index is 13.6. The van der Waals surface area contributed by atoms with Gasteiger partial charge in [0.15, 0.2) is 6.10 Å². The first-order valence-electron chi connectivity index (χ1n) is 10.2. The van der Waals surface area contributed by atoms with Crippen LogP contribution in [0.1, 0.15) is 56.8 Å². The van der Waals surface area contributed by atoms with Gasteiger partial charge in [0.1, 0.15) is 11.5 Å². The van der Waals surface area contributed by atoms with Gasteiger partial charge in [-0.2, -0.15) is 4.31 Å². The van der Waals surface area contributed by atoms with Crippen LogP contribution in [0, 0.1) is 6.92 Å². The number of aromatic hydroxyl groups is 1. The zero-order chi connectivity index (χ0) is 23.1. The number of phenolic OH excluding ortho intramolecular Hbond substituents is 1. The van der Waals surface area contributed by atoms with Crippen LogP contribution in [0.15, 0.2) is 41.3 Å². The average molecular weight is 448 g/mol. The molecule has 7 nitrogen and oxygen atoms in total. The zero-order valence-corrected chi connectivity index (χ0v) is 19.2. The van der Waals surface area contributed by atoms with E-state index in [2.05, 4.69) is 0 Å². The molecule has 0 spiro atoms. The van der Waals surface area contributed by atoms with Gasteiger partial charge in [-0.05, 0) is 67.3 Å². The van der Waals surface area contributed by atoms with Crippen molar-refractivity contribution in [2.24, 2.45) is 0 Å². The number of sulfonamides is 1. The minimum Gasteiger partial charge on any atom is -0.508 e. The first-order valence-corrected chi connectivity index (χ1v) is 11.7. The molecule has 1 aliphatic rings. The molecule has 3 rings (SSSR count). The summed E-state index contributed by atoms with van der Waals surface area (Å²) >= 11 is 0. The normalized spacial score (nSPS) is 19.5. The van der Waals surface area contributed by atoms with E-state index in [9.17, 15) is 23.4 Å². The Bertz CT molecular complexity index is 1110. The number of fused-ring (bicyclic) bond motifs is 1. The number of hydrogen-bond acceptors (Lipinski definition) is 5. The number of carboxylic acids is 1. The number of nitrogens with zero attached hydrogens (tertiary/aromatic N) is 1. The predicted molar refractivity (Wildman–Crippen MR) is 117 cm³/mol. The molecule has 31 heavy (non-hydrogen) atoms. The van der Waals surface area contributed by atoms with Crippen LogP contribution >= 0.6 is 0 Å². The highest BCUT2D eigenvalue weighted by Gasteiger charge is 2.42. The smallest absolute Gasteiger partial charge is 0.344 e. The second-order valence-corrected chi connectivity index (χ2v) is 10.6. The molecule has 2 aromatic rings. The van der Waals surface area contributed by atoms with Gasteiger partial charge in [-0.3, -0.25) is 0 Å². The van der Waals surface area contributed by atoms with E-state index >= 15 is 0 Å². The summed E-state index contributed by atoms with van der Waals surface area (Å²) in [6.07, 6.45) is -0.699. The van der Waals surface area contributed by atoms with Crippen LogP contribution in [-0.2, 0) is 20.2 Å². The SMILES string of the molecule is CCC(Oc1ccc(S(=O)(=O)N2CC(C)(C)c3ccc(O)cc3C2C)cc1C)C(=O)O. The van der Waals surface area contributed by atoms with Gasteiger partial charge in [-0.25, -0.2) is 13.2 Å². The van der Waals surface area contributed by atoms with Gasteiger partial charge in [0, 0.05) is 18.0 Å². The molecule has 0 saturated heterocycles. The zero-order valence-electron chi connectivity index (χ0n) is 18.4. The molecule has 1 heterocycles. The topological polar surface area (TPSA) is 104 Å². The summed E-state index contributed by atoms with van der Waals surface area (Å²) in [6, 6.07) is 9.12. The maximum Gasteiger partial charge on any atom is 0.344 e. The van der Waals surface area contributed by atoms with Crippen LogP contribution in [0.5, 0.6) is 11.5 Å². The van der Waals surface area contributed by atoms with E-state index < -0.39 is 33.6 Å². The maximum absolute atomic E-state index is 13.6. The lowest BCUT2D eigenvalue weighted by molar-refractivity contribution is -0.145. The molecule has 0 aromatic heterocycles. The number of aliphatic carboxylic acids is 1. The number of aryl methyl sites for hydroxylation is 1. The van der Waals surface area contributed by atoms with Gasteiger partial charge >= 0.3 is 5.97 Å². The quantitative estimate of drug-likeness (QED) is 0.694. The second kappa shape index (κ2) is 8.16. The van der Waals surface area contributed by atoms with E-state index in [0.29, 0.717) is 24.3 Å². The number of hydrogen-bond donors (Lipinski definition) is 2. The molecule has 2 atom stereocenters. The molecule has 2 N–H and O–H groups in total. The molecule has 2 unspecified atom stereocenters. The van der Waals surface area contributed by atoms with Crippen LogP contribution in [0.25, 0.3) is 0 Å². The molecule has 1 aliphatic heterocycles. The van der Waals surface area contributed by atoms with Crippen LogP contribution in [0.2, 0.25) is 0 Å². The summed E-state index contributed by atoms with van der Waals surface area (Å²) in [5.74, 6) is -0.623. The molecular formula is C23H29NO6S. The Morgan fingerprint density at radius 2 is 1.94 bits per heavy atom. The third kappa shape index (κ3) is 4.27. The molecule has 0 saturated carbocycles. The van der Waals surface area contributed by atoms with E-state index in [0.717, 1.165) is 11.1 Å². The molecule has 2 aromatic carbocycles. The Kier molecular flexibility index (Phi) is 6.08. The fourth-order valence-corrected chi connectivity index (χ4v) is 5.94. The average Bonchev–Trinajstić information content (AvgIpc) is 2.69. The number of rotatable bonds is 6. The van der Waals surface area contributed by atoms with Crippen LogP contribution in [0.4, 0.5) is 0 Å². The highest BCUT2D eigenvalue weighted by Crippen LogP contribution is 2.43. The van der Waals surface area contributed by atoms with Crippen molar-refractivity contribution < 1.29 is 28.2 Å². The second-order valence-electron chi connectivity index (χ2n) is 8.66. The van der Waals surface area contributed by atoms with Crippen molar-refractivity contribution in [3.63, 3.8) is 0 Å². The summed E-state index contributed by atoms with van der Waals surface area (Å²) < 4.78 is 34.1. The highest BCUT2D eigenvalue weighted by atomic mass is 32.2. The highest BCUT2D eigenvalue weighted by molar-refractivity contribution is 7.89. The summed E-state index contributed by atoms with van der Waals surface area (Å²) in [5, 5.41) is 19.2. The van der Waals surface area contributed by atoms with Crippen LogP contribution in [0.3, 0.4) is 0 Å². The lowest BCUT2D eigenvalue weighted by atomic mass is 9.77. The molecule has 0 fully saturated rings. The van der Waals surface area contributed by atoms with Gasteiger partial charge in [-0.15, -0.1) is 0 Å². The molecule has 0 bridgehead atoms. The number of ether oxygens (including phenoxy) is 1. The van der Waals surface area contributed by atoms with Crippen LogP contribution < -0.4 is 4.74 Å². The molecule has 8 heteroatoms. The van der Waals surface area contributed by atoms with Crippen LogP contribution in [-0.4, -0.2) is 41.6 Å². The Morgan fingerprint density at radius 1 is 1.26 bits per heavy atom. The Morgan fingerprint density at radius 3 is 2.52 bits per heavy atom. The van der Waals surface area contributed by atoms with Gasteiger partial charge in [0.05, 0.1) is 4.90 Å². The van der Waals surface area contributed by atoms with Gasteiger partial charge in [-0.1, -0.05) is 26.8 Å². The largest absolute Gasteiger partial charge is 0.508 e. The molecule has 0 aliphatic carbocycles. The predicted octanol–water partition coefficient (Wildman–Crippen LogP) is 3.99. The Labute approximate surface area is 183 Å². The van der Waals surface area contributed by atoms with Crippen molar-refractivity contribution in [3.8, 4) is 11.5 Å². The van der Waals surface area contributed by atoms with E-state index in [1.54, 1.807) is 26.0 Å². The lowest BCUT2D eigenvalue weighted by Gasteiger charge is -2.43. The van der Waals surface area contributed by atoms with Crippen molar-refractivity contribution >= 4 is 16.0 Å². The number of carbonyl (C=O) groups is 1. The van der Waals surface area contributed by atoms with Crippen molar-refractivity contribution in [1.29, 1.82) is 0 Å². The van der Waals surface area contributed by atoms with Crippen molar-refractivity contribution in [2.45, 2.75) is 63.5 Å².